The molecule has 3 heteroatoms. The highest BCUT2D eigenvalue weighted by Gasteiger charge is 2.26. The van der Waals surface area contributed by atoms with Crippen LogP contribution in [-0.4, -0.2) is 17.2 Å². The number of benzene rings is 1. The van der Waals surface area contributed by atoms with E-state index in [1.807, 2.05) is 6.92 Å². The molecule has 2 unspecified atom stereocenters. The van der Waals surface area contributed by atoms with Crippen molar-refractivity contribution in [3.8, 4) is 0 Å². The molecule has 0 N–H and O–H groups in total. The Morgan fingerprint density at radius 1 is 1.28 bits per heavy atom. The molecule has 2 atom stereocenters. The second kappa shape index (κ2) is 4.93. The molecule has 0 aromatic heterocycles. The predicted octanol–water partition coefficient (Wildman–Crippen LogP) is 4.10. The summed E-state index contributed by atoms with van der Waals surface area (Å²) in [5, 5.41) is 4.12. The molecular formula is C15H20ClNO. The van der Waals surface area contributed by atoms with Crippen LogP contribution in [0.2, 0.25) is 0 Å². The molecule has 0 spiro atoms. The first-order valence-electron chi connectivity index (χ1n) is 6.35. The van der Waals surface area contributed by atoms with Gasteiger partial charge in [0.25, 0.3) is 0 Å². The summed E-state index contributed by atoms with van der Waals surface area (Å²) in [5.41, 5.74) is 3.63. The first-order chi connectivity index (χ1) is 8.38. The maximum absolute atomic E-state index is 6.02. The van der Waals surface area contributed by atoms with Gasteiger partial charge in [-0.05, 0) is 23.5 Å². The van der Waals surface area contributed by atoms with Crippen molar-refractivity contribution in [3.63, 3.8) is 0 Å². The third kappa shape index (κ3) is 2.86. The number of halogens is 1. The molecule has 0 radical (unpaired) electrons. The SMILES string of the molecule is CC(Cl)C1CC(c2ccc(C(C)(C)C)cc2)=NO1. The Hall–Kier alpha value is -1.02. The van der Waals surface area contributed by atoms with Crippen LogP contribution in [0.1, 0.15) is 45.2 Å². The monoisotopic (exact) mass is 265 g/mol. The van der Waals surface area contributed by atoms with Crippen molar-refractivity contribution in [2.45, 2.75) is 51.0 Å². The van der Waals surface area contributed by atoms with Gasteiger partial charge >= 0.3 is 0 Å². The molecule has 98 valence electrons. The van der Waals surface area contributed by atoms with E-state index >= 15 is 0 Å². The molecule has 1 aromatic rings. The standard InChI is InChI=1S/C15H20ClNO/c1-10(16)14-9-13(17-18-14)11-5-7-12(8-6-11)15(2,3)4/h5-8,10,14H,9H2,1-4H3. The van der Waals surface area contributed by atoms with E-state index in [0.29, 0.717) is 0 Å². The van der Waals surface area contributed by atoms with Gasteiger partial charge in [-0.2, -0.15) is 0 Å². The van der Waals surface area contributed by atoms with Gasteiger partial charge in [0.1, 0.15) is 6.10 Å². The fourth-order valence-corrected chi connectivity index (χ4v) is 2.11. The fourth-order valence-electron chi connectivity index (χ4n) is 1.98. The van der Waals surface area contributed by atoms with Crippen molar-refractivity contribution >= 4 is 17.3 Å². The van der Waals surface area contributed by atoms with Gasteiger partial charge in [-0.15, -0.1) is 11.6 Å². The molecule has 2 nitrogen and oxygen atoms in total. The second-order valence-corrected chi connectivity index (χ2v) is 6.58. The molecule has 1 heterocycles. The Labute approximate surface area is 114 Å². The van der Waals surface area contributed by atoms with Gasteiger partial charge in [0.15, 0.2) is 0 Å². The number of hydrogen-bond acceptors (Lipinski definition) is 2. The lowest BCUT2D eigenvalue weighted by atomic mass is 9.86. The van der Waals surface area contributed by atoms with E-state index in [2.05, 4.69) is 50.2 Å². The Morgan fingerprint density at radius 3 is 2.33 bits per heavy atom. The summed E-state index contributed by atoms with van der Waals surface area (Å²) in [6.07, 6.45) is 0.795. The van der Waals surface area contributed by atoms with Gasteiger partial charge in [-0.1, -0.05) is 50.2 Å². The zero-order valence-electron chi connectivity index (χ0n) is 11.4. The van der Waals surface area contributed by atoms with Crippen LogP contribution in [0, 0.1) is 0 Å². The van der Waals surface area contributed by atoms with Crippen LogP contribution in [0.15, 0.2) is 29.4 Å². The summed E-state index contributed by atoms with van der Waals surface area (Å²) in [7, 11) is 0. The molecule has 0 saturated carbocycles. The van der Waals surface area contributed by atoms with Crippen LogP contribution < -0.4 is 0 Å². The molecule has 1 aliphatic heterocycles. The molecule has 2 rings (SSSR count). The predicted molar refractivity (Wildman–Crippen MR) is 76.5 cm³/mol. The van der Waals surface area contributed by atoms with Crippen molar-refractivity contribution in [2.75, 3.05) is 0 Å². The molecule has 0 fully saturated rings. The van der Waals surface area contributed by atoms with Crippen molar-refractivity contribution in [1.82, 2.24) is 0 Å². The topological polar surface area (TPSA) is 21.6 Å². The summed E-state index contributed by atoms with van der Waals surface area (Å²) >= 11 is 6.02. The minimum atomic E-state index is -0.0138. The van der Waals surface area contributed by atoms with Crippen LogP contribution in [-0.2, 0) is 10.3 Å². The maximum Gasteiger partial charge on any atom is 0.149 e. The average Bonchev–Trinajstić information content (AvgIpc) is 2.77. The average molecular weight is 266 g/mol. The quantitative estimate of drug-likeness (QED) is 0.738. The van der Waals surface area contributed by atoms with Crippen LogP contribution in [0.4, 0.5) is 0 Å². The molecule has 0 amide bonds. The van der Waals surface area contributed by atoms with Gasteiger partial charge in [-0.3, -0.25) is 0 Å². The van der Waals surface area contributed by atoms with Gasteiger partial charge in [-0.25, -0.2) is 0 Å². The van der Waals surface area contributed by atoms with Crippen molar-refractivity contribution < 1.29 is 4.84 Å². The molecular weight excluding hydrogens is 246 g/mol. The molecule has 0 saturated heterocycles. The zero-order chi connectivity index (χ0) is 13.3. The van der Waals surface area contributed by atoms with E-state index in [-0.39, 0.29) is 16.9 Å². The normalized spacial score (nSPS) is 21.4. The summed E-state index contributed by atoms with van der Waals surface area (Å²) in [6.45, 7) is 8.57. The third-order valence-corrected chi connectivity index (χ3v) is 3.57. The maximum atomic E-state index is 6.02. The highest BCUT2D eigenvalue weighted by atomic mass is 35.5. The number of nitrogens with zero attached hydrogens (tertiary/aromatic N) is 1. The summed E-state index contributed by atoms with van der Waals surface area (Å²) in [6, 6.07) is 8.55. The molecule has 0 aliphatic carbocycles. The summed E-state index contributed by atoms with van der Waals surface area (Å²) in [5.74, 6) is 0. The lowest BCUT2D eigenvalue weighted by molar-refractivity contribution is 0.0855. The van der Waals surface area contributed by atoms with Gasteiger partial charge in [0.2, 0.25) is 0 Å². The molecule has 1 aliphatic rings. The smallest absolute Gasteiger partial charge is 0.149 e. The van der Waals surface area contributed by atoms with E-state index < -0.39 is 0 Å². The van der Waals surface area contributed by atoms with E-state index in [4.69, 9.17) is 16.4 Å². The number of hydrogen-bond donors (Lipinski definition) is 0. The van der Waals surface area contributed by atoms with Gasteiger partial charge < -0.3 is 4.84 Å². The van der Waals surface area contributed by atoms with Gasteiger partial charge in [0.05, 0.1) is 11.1 Å². The largest absolute Gasteiger partial charge is 0.390 e. The van der Waals surface area contributed by atoms with Crippen LogP contribution in [0.25, 0.3) is 0 Å². The van der Waals surface area contributed by atoms with E-state index in [1.165, 1.54) is 5.56 Å². The zero-order valence-corrected chi connectivity index (χ0v) is 12.2. The van der Waals surface area contributed by atoms with E-state index in [9.17, 15) is 0 Å². The Kier molecular flexibility index (Phi) is 3.67. The fraction of sp³-hybridized carbons (Fsp3) is 0.533. The number of alkyl halides is 1. The van der Waals surface area contributed by atoms with Crippen LogP contribution >= 0.6 is 11.6 Å². The van der Waals surface area contributed by atoms with Crippen LogP contribution in [0.5, 0.6) is 0 Å². The first-order valence-corrected chi connectivity index (χ1v) is 6.79. The van der Waals surface area contributed by atoms with Crippen molar-refractivity contribution in [2.24, 2.45) is 5.16 Å². The third-order valence-electron chi connectivity index (χ3n) is 3.29. The highest BCUT2D eigenvalue weighted by molar-refractivity contribution is 6.21. The number of rotatable bonds is 2. The number of oxime groups is 1. The Morgan fingerprint density at radius 2 is 1.89 bits per heavy atom. The summed E-state index contributed by atoms with van der Waals surface area (Å²) in [4.78, 5) is 5.33. The molecule has 1 aromatic carbocycles. The van der Waals surface area contributed by atoms with Gasteiger partial charge in [0, 0.05) is 6.42 Å². The lowest BCUT2D eigenvalue weighted by Gasteiger charge is -2.19. The lowest BCUT2D eigenvalue weighted by Crippen LogP contribution is -2.18. The second-order valence-electron chi connectivity index (χ2n) is 5.89. The Balaban J connectivity index is 2.12. The Bertz CT molecular complexity index is 443. The van der Waals surface area contributed by atoms with Crippen molar-refractivity contribution in [1.29, 1.82) is 0 Å². The highest BCUT2D eigenvalue weighted by Crippen LogP contribution is 2.25. The minimum absolute atomic E-state index is 0.00367. The van der Waals surface area contributed by atoms with Crippen molar-refractivity contribution in [3.05, 3.63) is 35.4 Å². The minimum Gasteiger partial charge on any atom is -0.390 e. The van der Waals surface area contributed by atoms with E-state index in [1.54, 1.807) is 0 Å². The molecule has 0 bridgehead atoms. The van der Waals surface area contributed by atoms with E-state index in [0.717, 1.165) is 17.7 Å². The molecule has 18 heavy (non-hydrogen) atoms. The summed E-state index contributed by atoms with van der Waals surface area (Å²) < 4.78 is 0. The first kappa shape index (κ1) is 13.4. The van der Waals surface area contributed by atoms with Crippen LogP contribution in [0.3, 0.4) is 0 Å².